The van der Waals surface area contributed by atoms with Crippen molar-refractivity contribution < 1.29 is 13.2 Å². The molecule has 1 aromatic heterocycles. The van der Waals surface area contributed by atoms with Crippen LogP contribution in [0, 0.1) is 16.7 Å². The molecule has 2 aromatic rings. The molecule has 1 fully saturated rings. The lowest BCUT2D eigenvalue weighted by Crippen LogP contribution is -2.45. The molecule has 0 atom stereocenters. The summed E-state index contributed by atoms with van der Waals surface area (Å²) in [5.74, 6) is -0.555. The van der Waals surface area contributed by atoms with E-state index in [1.54, 1.807) is 0 Å². The monoisotopic (exact) mass is 423 g/mol. The van der Waals surface area contributed by atoms with Crippen LogP contribution in [0.25, 0.3) is 0 Å². The Labute approximate surface area is 172 Å². The Morgan fingerprint density at radius 3 is 2.62 bits per heavy atom. The maximum absolute atomic E-state index is 13.0. The quantitative estimate of drug-likeness (QED) is 0.731. The molecule has 1 aromatic carbocycles. The molecule has 0 N–H and O–H groups in total. The third kappa shape index (κ3) is 4.12. The molecule has 0 saturated heterocycles. The fraction of sp³-hybridized carbons (Fsp3) is 0.550. The first-order chi connectivity index (χ1) is 13.8. The third-order valence-electron chi connectivity index (χ3n) is 6.13. The molecule has 5 nitrogen and oxygen atoms in total. The number of fused-ring (bicyclic) bond motifs is 1. The van der Waals surface area contributed by atoms with E-state index in [-0.39, 0.29) is 12.6 Å². The highest BCUT2D eigenvalue weighted by Gasteiger charge is 2.41. The van der Waals surface area contributed by atoms with Gasteiger partial charge in [0.25, 0.3) is 0 Å². The Morgan fingerprint density at radius 2 is 1.97 bits per heavy atom. The molecular formula is C20H21ClF3N5. The van der Waals surface area contributed by atoms with Crippen molar-refractivity contribution in [3.05, 3.63) is 46.5 Å². The van der Waals surface area contributed by atoms with Crippen LogP contribution in [-0.4, -0.2) is 32.3 Å². The number of nitriles is 1. The first-order valence-electron chi connectivity index (χ1n) is 9.69. The second kappa shape index (κ2) is 7.62. The van der Waals surface area contributed by atoms with Crippen molar-refractivity contribution in [1.82, 2.24) is 19.7 Å². The summed E-state index contributed by atoms with van der Waals surface area (Å²) in [6.45, 7) is 1.13. The van der Waals surface area contributed by atoms with Crippen molar-refractivity contribution in [2.75, 3.05) is 6.54 Å². The van der Waals surface area contributed by atoms with Gasteiger partial charge in [-0.2, -0.15) is 18.4 Å². The second-order valence-corrected chi connectivity index (χ2v) is 8.43. The van der Waals surface area contributed by atoms with Gasteiger partial charge in [-0.25, -0.2) is 0 Å². The molecule has 1 aliphatic heterocycles. The molecule has 4 rings (SSSR count). The molecule has 1 saturated carbocycles. The standard InChI is InChI=1S/C20H21ClF3N5/c21-15-3-1-2-14(10-15)11-19(13-25)6-4-16(5-7-19)28-8-9-29-17(12-28)26-27-18(29)20(22,23)24/h1-3,10,16H,4-9,11-12H2. The highest BCUT2D eigenvalue weighted by atomic mass is 35.5. The minimum absolute atomic E-state index is 0.236. The van der Waals surface area contributed by atoms with Crippen molar-refractivity contribution in [2.24, 2.45) is 5.41 Å². The van der Waals surface area contributed by atoms with Crippen LogP contribution in [0.4, 0.5) is 13.2 Å². The Balaban J connectivity index is 1.41. The number of hydrogen-bond donors (Lipinski definition) is 0. The zero-order valence-corrected chi connectivity index (χ0v) is 16.5. The molecule has 154 valence electrons. The van der Waals surface area contributed by atoms with E-state index in [9.17, 15) is 18.4 Å². The summed E-state index contributed by atoms with van der Waals surface area (Å²) < 4.78 is 40.2. The SMILES string of the molecule is N#CC1(Cc2cccc(Cl)c2)CCC(N2CCn3c(nnc3C(F)(F)F)C2)CC1. The third-order valence-corrected chi connectivity index (χ3v) is 6.37. The first kappa shape index (κ1) is 20.2. The van der Waals surface area contributed by atoms with Gasteiger partial charge >= 0.3 is 6.18 Å². The van der Waals surface area contributed by atoms with Crippen LogP contribution in [0.2, 0.25) is 5.02 Å². The van der Waals surface area contributed by atoms with E-state index in [0.29, 0.717) is 30.4 Å². The maximum atomic E-state index is 13.0. The van der Waals surface area contributed by atoms with Gasteiger partial charge in [-0.05, 0) is 49.8 Å². The van der Waals surface area contributed by atoms with Crippen molar-refractivity contribution >= 4 is 11.6 Å². The summed E-state index contributed by atoms with van der Waals surface area (Å²) in [4.78, 5) is 2.19. The predicted octanol–water partition coefficient (Wildman–Crippen LogP) is 4.46. The average molecular weight is 424 g/mol. The fourth-order valence-electron chi connectivity index (χ4n) is 4.58. The summed E-state index contributed by atoms with van der Waals surface area (Å²) in [6, 6.07) is 10.4. The molecule has 0 unspecified atom stereocenters. The molecule has 9 heteroatoms. The van der Waals surface area contributed by atoms with E-state index in [4.69, 9.17) is 11.6 Å². The molecule has 2 aliphatic rings. The van der Waals surface area contributed by atoms with E-state index in [2.05, 4.69) is 21.2 Å². The minimum Gasteiger partial charge on any atom is -0.305 e. The van der Waals surface area contributed by atoms with Gasteiger partial charge in [0.2, 0.25) is 5.82 Å². The lowest BCUT2D eigenvalue weighted by Gasteiger charge is -2.41. The fourth-order valence-corrected chi connectivity index (χ4v) is 4.80. The maximum Gasteiger partial charge on any atom is 0.451 e. The molecule has 29 heavy (non-hydrogen) atoms. The van der Waals surface area contributed by atoms with E-state index < -0.39 is 17.4 Å². The number of benzene rings is 1. The van der Waals surface area contributed by atoms with Crippen molar-refractivity contribution in [3.63, 3.8) is 0 Å². The summed E-state index contributed by atoms with van der Waals surface area (Å²) in [5.41, 5.74) is 0.642. The van der Waals surface area contributed by atoms with Crippen molar-refractivity contribution in [2.45, 2.75) is 57.4 Å². The van der Waals surface area contributed by atoms with Gasteiger partial charge in [0.15, 0.2) is 0 Å². The van der Waals surface area contributed by atoms with Crippen LogP contribution in [-0.2, 0) is 25.7 Å². The first-order valence-corrected chi connectivity index (χ1v) is 10.1. The van der Waals surface area contributed by atoms with Crippen LogP contribution in [0.5, 0.6) is 0 Å². The van der Waals surface area contributed by atoms with Crippen LogP contribution in [0.15, 0.2) is 24.3 Å². The average Bonchev–Trinajstić information content (AvgIpc) is 3.12. The van der Waals surface area contributed by atoms with Crippen LogP contribution in [0.1, 0.15) is 42.9 Å². The normalized spacial score (nSPS) is 25.4. The summed E-state index contributed by atoms with van der Waals surface area (Å²) in [6.07, 6.45) is -0.608. The topological polar surface area (TPSA) is 57.7 Å². The molecule has 2 heterocycles. The Morgan fingerprint density at radius 1 is 1.21 bits per heavy atom. The van der Waals surface area contributed by atoms with Gasteiger partial charge in [-0.15, -0.1) is 10.2 Å². The predicted molar refractivity (Wildman–Crippen MR) is 101 cm³/mol. The van der Waals surface area contributed by atoms with E-state index >= 15 is 0 Å². The Hall–Kier alpha value is -2.11. The number of alkyl halides is 3. The van der Waals surface area contributed by atoms with E-state index in [1.807, 2.05) is 24.3 Å². The second-order valence-electron chi connectivity index (χ2n) is 7.99. The number of hydrogen-bond acceptors (Lipinski definition) is 4. The number of aromatic nitrogens is 3. The summed E-state index contributed by atoms with van der Waals surface area (Å²) >= 11 is 6.07. The van der Waals surface area contributed by atoms with Gasteiger partial charge in [-0.3, -0.25) is 4.90 Å². The lowest BCUT2D eigenvalue weighted by atomic mass is 9.70. The Bertz CT molecular complexity index is 925. The molecule has 0 spiro atoms. The lowest BCUT2D eigenvalue weighted by molar-refractivity contribution is -0.148. The van der Waals surface area contributed by atoms with Gasteiger partial charge in [0, 0.05) is 24.2 Å². The minimum atomic E-state index is -4.48. The number of rotatable bonds is 3. The zero-order valence-electron chi connectivity index (χ0n) is 15.8. The zero-order chi connectivity index (χ0) is 20.6. The molecular weight excluding hydrogens is 403 g/mol. The molecule has 1 aliphatic carbocycles. The number of halogens is 4. The van der Waals surface area contributed by atoms with Crippen molar-refractivity contribution in [3.8, 4) is 6.07 Å². The van der Waals surface area contributed by atoms with Crippen LogP contribution in [0.3, 0.4) is 0 Å². The summed E-state index contributed by atoms with van der Waals surface area (Å²) in [5, 5.41) is 17.6. The smallest absolute Gasteiger partial charge is 0.305 e. The Kier molecular flexibility index (Phi) is 5.30. The van der Waals surface area contributed by atoms with E-state index in [1.165, 1.54) is 4.57 Å². The largest absolute Gasteiger partial charge is 0.451 e. The van der Waals surface area contributed by atoms with Crippen molar-refractivity contribution in [1.29, 1.82) is 5.26 Å². The van der Waals surface area contributed by atoms with E-state index in [0.717, 1.165) is 31.2 Å². The van der Waals surface area contributed by atoms with Gasteiger partial charge in [-0.1, -0.05) is 23.7 Å². The van der Waals surface area contributed by atoms with Gasteiger partial charge in [0.1, 0.15) is 5.82 Å². The molecule has 0 radical (unpaired) electrons. The molecule has 0 bridgehead atoms. The highest BCUT2D eigenvalue weighted by Crippen LogP contribution is 2.41. The van der Waals surface area contributed by atoms with Crippen LogP contribution < -0.4 is 0 Å². The van der Waals surface area contributed by atoms with Crippen LogP contribution >= 0.6 is 11.6 Å². The van der Waals surface area contributed by atoms with Gasteiger partial charge in [0.05, 0.1) is 18.0 Å². The number of nitrogens with zero attached hydrogens (tertiary/aromatic N) is 5. The molecule has 0 amide bonds. The highest BCUT2D eigenvalue weighted by molar-refractivity contribution is 6.30. The summed E-state index contributed by atoms with van der Waals surface area (Å²) in [7, 11) is 0. The van der Waals surface area contributed by atoms with Gasteiger partial charge < -0.3 is 4.57 Å².